The number of rotatable bonds is 49. The maximum atomic E-state index is 10.5. The van der Waals surface area contributed by atoms with Gasteiger partial charge in [0.2, 0.25) is 0 Å². The molecule has 67 nitrogen and oxygen atoms in total. The first kappa shape index (κ1) is 135. The van der Waals surface area contributed by atoms with E-state index in [1.165, 1.54) is 21.1 Å². The van der Waals surface area contributed by atoms with Crippen molar-refractivity contribution in [2.45, 2.75) is 376 Å². The zero-order valence-corrected chi connectivity index (χ0v) is 80.4. The number of aliphatic hydroxyl groups excluding tert-OH is 47. The average molecular weight is 2210 g/mol. The monoisotopic (exact) mass is 2210 g/mol. The molecule has 0 radical (unpaired) electrons. The standard InChI is InChI=1S/C30H54O26.C20H38O15.C18H34O16.C14H28O10/c31-1-9-15(37)19(41)23(45)29(53-9)51-5-11-17(39)21(43)25(47)27(55-11)49-3-7(33)13(35)14(36)8(34)4-50-28-26(48)22(44)18(40)12(56-28)6-52-30-24(46)20(42)16(38)10(2-32)54-30;1-7(8(23)5-32-19-16(29)14(27)12(25)10(3-21)34-19)18(31-2)9(24)6-33-20-17(30)15(28)13(26)11(4-22)35-20;19-1-5(21)9(23)10(24)6(22)3-31-17-16(30)14(28)12(26)8(34-17)4-32-18-15(29)13(27)11(25)7(2-20)33-18;1-6(13(22-2)7(17)3-15)8(18)5-23-14-12(21)11(20)10(19)9(4-16)24-14/h7-48H,1-6H2;7-30H,3-6H2,1-2H3;5-30H,1-4H2;6-21H,3-5H2,1-2H3/t7-,8-,9-,10-,11-,12-,13-,14-,15-,16-,17-,18-,19+,20+,21+,22+,23-,24-,25-,26-,27-,28-,29-,30-;7-,8-,9-,10-,11-,12-,13-,14+,15+,16-,17-,18+,19-,20?;5-,6-,7-,8-,9-,10-,11-,12-,13+,14+,15-,16-,17-,18-;6-,7-,8-,9-,10-,11+,12-,13+,14-/m1111/s1. The van der Waals surface area contributed by atoms with Crippen LogP contribution in [0.3, 0.4) is 0 Å². The Morgan fingerprint density at radius 3 is 0.497 bits per heavy atom. The second-order valence-electron chi connectivity index (χ2n) is 36.7. The van der Waals surface area contributed by atoms with Crippen molar-refractivity contribution in [3.05, 3.63) is 0 Å². The van der Waals surface area contributed by atoms with E-state index in [4.69, 9.17) is 110 Å². The molecular formula is C82H154O67. The van der Waals surface area contributed by atoms with Crippen molar-refractivity contribution in [3.8, 4) is 0 Å². The predicted octanol–water partition coefficient (Wildman–Crippen LogP) is -30.1. The Morgan fingerprint density at radius 2 is 0.322 bits per heavy atom. The summed E-state index contributed by atoms with van der Waals surface area (Å²) < 4.78 is 105. The Hall–Kier alpha value is -2.68. The first-order chi connectivity index (χ1) is 70.0. The molecule has 1 unspecified atom stereocenters. The fourth-order valence-corrected chi connectivity index (χ4v) is 16.2. The summed E-state index contributed by atoms with van der Waals surface area (Å²) in [6, 6.07) is 0. The van der Waals surface area contributed by atoms with Gasteiger partial charge in [0.05, 0.1) is 137 Å². The number of hydrogen-bond donors (Lipinski definition) is 47. The fourth-order valence-electron chi connectivity index (χ4n) is 16.2. The van der Waals surface area contributed by atoms with Gasteiger partial charge in [-0.15, -0.1) is 0 Å². The van der Waals surface area contributed by atoms with Gasteiger partial charge >= 0.3 is 0 Å². The molecule has 9 aliphatic heterocycles. The topological polar surface area (TPSA) is 1140 Å². The van der Waals surface area contributed by atoms with Crippen LogP contribution in [0.5, 0.6) is 0 Å². The molecule has 47 N–H and O–H groups in total. The molecular weight excluding hydrogens is 2060 g/mol. The van der Waals surface area contributed by atoms with Crippen LogP contribution in [0.4, 0.5) is 0 Å². The van der Waals surface area contributed by atoms with Gasteiger partial charge in [0, 0.05) is 26.1 Å². The molecule has 9 aliphatic rings. The largest absolute Gasteiger partial charge is 0.394 e. The summed E-state index contributed by atoms with van der Waals surface area (Å²) >= 11 is 0. The number of hydrogen-bond acceptors (Lipinski definition) is 67. The van der Waals surface area contributed by atoms with E-state index in [0.717, 1.165) is 0 Å². The molecule has 0 amide bonds. The molecule has 9 fully saturated rings. The van der Waals surface area contributed by atoms with Crippen molar-refractivity contribution in [1.29, 1.82) is 0 Å². The molecule has 884 valence electrons. The molecule has 0 aromatic carbocycles. The van der Waals surface area contributed by atoms with E-state index in [1.54, 1.807) is 6.92 Å². The maximum Gasteiger partial charge on any atom is 0.186 e. The molecule has 61 atom stereocenters. The van der Waals surface area contributed by atoms with Gasteiger partial charge < -0.3 is 335 Å². The Labute approximate surface area is 846 Å². The van der Waals surface area contributed by atoms with Crippen LogP contribution in [0.25, 0.3) is 0 Å². The lowest BCUT2D eigenvalue weighted by Gasteiger charge is -2.43. The molecule has 9 rings (SSSR count). The maximum absolute atomic E-state index is 10.5. The minimum atomic E-state index is -2.21. The Kier molecular flexibility index (Phi) is 58.0. The van der Waals surface area contributed by atoms with Crippen molar-refractivity contribution in [2.24, 2.45) is 11.8 Å². The van der Waals surface area contributed by atoms with Crippen LogP contribution in [-0.2, 0) is 94.7 Å². The van der Waals surface area contributed by atoms with Gasteiger partial charge in [-0.25, -0.2) is 0 Å². The predicted molar refractivity (Wildman–Crippen MR) is 462 cm³/mol. The van der Waals surface area contributed by atoms with E-state index >= 15 is 0 Å². The highest BCUT2D eigenvalue weighted by atomic mass is 16.8. The molecule has 9 heterocycles. The Bertz CT molecular complexity index is 3470. The molecule has 67 heteroatoms. The third-order valence-electron chi connectivity index (χ3n) is 26.2. The van der Waals surface area contributed by atoms with Gasteiger partial charge in [0.1, 0.15) is 281 Å². The van der Waals surface area contributed by atoms with Crippen molar-refractivity contribution in [3.63, 3.8) is 0 Å². The highest BCUT2D eigenvalue weighted by molar-refractivity contribution is 5.00. The van der Waals surface area contributed by atoms with Crippen molar-refractivity contribution >= 4 is 0 Å². The van der Waals surface area contributed by atoms with Gasteiger partial charge in [0.25, 0.3) is 0 Å². The zero-order valence-electron chi connectivity index (χ0n) is 80.4. The van der Waals surface area contributed by atoms with Gasteiger partial charge in [-0.2, -0.15) is 0 Å². The van der Waals surface area contributed by atoms with E-state index in [1.807, 2.05) is 0 Å². The van der Waals surface area contributed by atoms with Crippen LogP contribution in [0.2, 0.25) is 0 Å². The van der Waals surface area contributed by atoms with Gasteiger partial charge in [-0.3, -0.25) is 0 Å². The molecule has 0 aliphatic carbocycles. The highest BCUT2D eigenvalue weighted by Crippen LogP contribution is 2.35. The van der Waals surface area contributed by atoms with Crippen LogP contribution in [0, 0.1) is 11.8 Å². The van der Waals surface area contributed by atoms with Gasteiger partial charge in [-0.1, -0.05) is 13.8 Å². The van der Waals surface area contributed by atoms with E-state index in [2.05, 4.69) is 0 Å². The lowest BCUT2D eigenvalue weighted by Crippen LogP contribution is -2.62. The second kappa shape index (κ2) is 64.1. The normalized spacial score (nSPS) is 43.1. The summed E-state index contributed by atoms with van der Waals surface area (Å²) in [6.45, 7) is -8.32. The van der Waals surface area contributed by atoms with E-state index in [-0.39, 0.29) is 6.61 Å². The lowest BCUT2D eigenvalue weighted by molar-refractivity contribution is -0.334. The van der Waals surface area contributed by atoms with E-state index in [9.17, 15) is 225 Å². The lowest BCUT2D eigenvalue weighted by atomic mass is 9.94. The zero-order chi connectivity index (χ0) is 112. The summed E-state index contributed by atoms with van der Waals surface area (Å²) in [4.78, 5) is 0. The van der Waals surface area contributed by atoms with Crippen LogP contribution in [0.1, 0.15) is 13.8 Å². The second-order valence-corrected chi connectivity index (χ2v) is 36.7. The number of aliphatic hydroxyl groups is 47. The van der Waals surface area contributed by atoms with Crippen LogP contribution in [0.15, 0.2) is 0 Å². The highest BCUT2D eigenvalue weighted by Gasteiger charge is 2.56. The first-order valence-electron chi connectivity index (χ1n) is 46.9. The quantitative estimate of drug-likeness (QED) is 0.0269. The van der Waals surface area contributed by atoms with Crippen LogP contribution in [-0.4, -0.2) is 728 Å². The number of methoxy groups -OCH3 is 2. The smallest absolute Gasteiger partial charge is 0.186 e. The summed E-state index contributed by atoms with van der Waals surface area (Å²) in [6.07, 6.45) is -95.9. The summed E-state index contributed by atoms with van der Waals surface area (Å²) in [5.74, 6) is -1.42. The molecule has 0 aromatic rings. The van der Waals surface area contributed by atoms with Crippen molar-refractivity contribution in [2.75, 3.05) is 127 Å². The van der Waals surface area contributed by atoms with Crippen LogP contribution >= 0.6 is 0 Å². The Balaban J connectivity index is 0.000000318. The first-order valence-corrected chi connectivity index (χ1v) is 46.9. The molecule has 0 aromatic heterocycles. The fraction of sp³-hybridized carbons (Fsp3) is 1.00. The summed E-state index contributed by atoms with van der Waals surface area (Å²) in [5.41, 5.74) is 0. The number of ether oxygens (including phenoxy) is 20. The minimum Gasteiger partial charge on any atom is -0.394 e. The third-order valence-corrected chi connectivity index (χ3v) is 26.2. The molecule has 9 saturated heterocycles. The van der Waals surface area contributed by atoms with Crippen molar-refractivity contribution in [1.82, 2.24) is 0 Å². The molecule has 149 heavy (non-hydrogen) atoms. The third kappa shape index (κ3) is 35.4. The SMILES string of the molecule is CO[C@@H]([C@H](C)[C@H](O)CO[C@@H]1O[C@H](CO)[C@@H](O)[C@H](O)[C@H]1O)[C@H](O)CO.CO[C@@H]([C@H](C)[C@H](O)CO[C@@H]1O[C@H](CO)[C@@H](O)[C@H](O)[C@H]1O)[C@H](O)COC1O[C@H](CO)[C@@H](O)[C@H](O)[C@H]1O.OC[C@@H](O)[C@@H](O)[C@H](O)[C@H](O)CO[C@@H]1O[C@H](CO[C@@H]2O[C@H](CO)[C@@H](O)[C@H](O)[C@H]2O)[C@@H](O)[C@H](O)[C@H]1O.OC[C@H]1O[C@@H](OC[C@H]2O[C@@H](OC[C@@H](O)[C@@H](O)[C@H](O)[C@H](O)CO[C@@H]3O[C@H](CO[C@@H]4O[C@H](CO)[C@@H](O)[C@H](O)[C@H]4O)[C@@H](O)[C@H](O)[C@H]3O)[C@H](O)[C@@H](O)[C@@H]2O)[C@H](O)[C@@H](O)[C@@H]1O. The molecule has 0 saturated carbocycles. The van der Waals surface area contributed by atoms with E-state index in [0.29, 0.717) is 0 Å². The van der Waals surface area contributed by atoms with Crippen molar-refractivity contribution < 1.29 is 335 Å². The van der Waals surface area contributed by atoms with Gasteiger partial charge in [-0.05, 0) is 0 Å². The Morgan fingerprint density at radius 1 is 0.174 bits per heavy atom. The average Bonchev–Trinajstić information content (AvgIpc) is 0.806. The van der Waals surface area contributed by atoms with E-state index < -0.39 is 479 Å². The van der Waals surface area contributed by atoms with Crippen LogP contribution < -0.4 is 0 Å². The minimum absolute atomic E-state index is 0.331. The van der Waals surface area contributed by atoms with Gasteiger partial charge in [0.15, 0.2) is 56.6 Å². The molecule has 0 spiro atoms. The summed E-state index contributed by atoms with van der Waals surface area (Å²) in [5, 5.41) is 465. The summed E-state index contributed by atoms with van der Waals surface area (Å²) in [7, 11) is 2.59. The molecule has 0 bridgehead atoms.